The zero-order valence-corrected chi connectivity index (χ0v) is 6.57. The average Bonchev–Trinajstić information content (AvgIpc) is 2.45. The maximum absolute atomic E-state index is 4.13. The van der Waals surface area contributed by atoms with Crippen molar-refractivity contribution < 1.29 is 0 Å². The highest BCUT2D eigenvalue weighted by Crippen LogP contribution is 2.07. The first-order chi connectivity index (χ1) is 5.29. The molecule has 0 bridgehead atoms. The van der Waals surface area contributed by atoms with Gasteiger partial charge >= 0.3 is 0 Å². The van der Waals surface area contributed by atoms with Gasteiger partial charge in [0.15, 0.2) is 5.65 Å². The van der Waals surface area contributed by atoms with Crippen LogP contribution in [-0.2, 0) is 0 Å². The van der Waals surface area contributed by atoms with Gasteiger partial charge in [-0.2, -0.15) is 5.10 Å². The molecule has 2 heterocycles. The van der Waals surface area contributed by atoms with Crippen LogP contribution in [-0.4, -0.2) is 14.6 Å². The minimum Gasteiger partial charge on any atom is -0.218 e. The van der Waals surface area contributed by atoms with Crippen molar-refractivity contribution in [3.8, 4) is 0 Å². The number of hydrogen-bond acceptors (Lipinski definition) is 2. The second kappa shape index (κ2) is 2.05. The zero-order valence-electron chi connectivity index (χ0n) is 6.57. The van der Waals surface area contributed by atoms with Gasteiger partial charge in [-0.3, -0.25) is 0 Å². The highest BCUT2D eigenvalue weighted by molar-refractivity contribution is 5.46. The molecule has 0 N–H and O–H groups in total. The van der Waals surface area contributed by atoms with Crippen LogP contribution in [0.2, 0.25) is 0 Å². The Kier molecular flexibility index (Phi) is 1.18. The summed E-state index contributed by atoms with van der Waals surface area (Å²) in [5, 5.41) is 4.08. The minimum atomic E-state index is 0.949. The summed E-state index contributed by atoms with van der Waals surface area (Å²) in [6, 6.07) is 4.09. The van der Waals surface area contributed by atoms with Gasteiger partial charge in [0.1, 0.15) is 6.33 Å². The number of aromatic nitrogens is 3. The lowest BCUT2D eigenvalue weighted by Gasteiger charge is -1.98. The van der Waals surface area contributed by atoms with Crippen molar-refractivity contribution >= 4 is 5.65 Å². The van der Waals surface area contributed by atoms with E-state index in [0.29, 0.717) is 0 Å². The minimum absolute atomic E-state index is 0.949. The molecule has 3 nitrogen and oxygen atoms in total. The second-order valence-electron chi connectivity index (χ2n) is 2.65. The Hall–Kier alpha value is -1.38. The van der Waals surface area contributed by atoms with E-state index >= 15 is 0 Å². The molecular weight excluding hydrogens is 138 g/mol. The van der Waals surface area contributed by atoms with E-state index in [9.17, 15) is 0 Å². The molecule has 0 saturated heterocycles. The molecule has 0 atom stereocenters. The molecule has 11 heavy (non-hydrogen) atoms. The van der Waals surface area contributed by atoms with Gasteiger partial charge in [0.05, 0.1) is 0 Å². The fourth-order valence-electron chi connectivity index (χ4n) is 1.16. The quantitative estimate of drug-likeness (QED) is 0.563. The molecule has 0 unspecified atom stereocenters. The number of hydrogen-bond donors (Lipinski definition) is 0. The third-order valence-electron chi connectivity index (χ3n) is 1.81. The van der Waals surface area contributed by atoms with Crippen molar-refractivity contribution in [1.29, 1.82) is 0 Å². The first kappa shape index (κ1) is 6.34. The number of nitrogens with zero attached hydrogens (tertiary/aromatic N) is 3. The van der Waals surface area contributed by atoms with Crippen LogP contribution in [0.15, 0.2) is 18.5 Å². The molecule has 0 saturated carbocycles. The lowest BCUT2D eigenvalue weighted by atomic mass is 10.3. The van der Waals surface area contributed by atoms with Crippen LogP contribution in [0.25, 0.3) is 5.65 Å². The molecule has 3 heteroatoms. The van der Waals surface area contributed by atoms with E-state index in [1.165, 1.54) is 0 Å². The summed E-state index contributed by atoms with van der Waals surface area (Å²) in [4.78, 5) is 4.13. The fraction of sp³-hybridized carbons (Fsp3) is 0.250. The zero-order chi connectivity index (χ0) is 7.84. The summed E-state index contributed by atoms with van der Waals surface area (Å²) in [6.45, 7) is 4.05. The smallest absolute Gasteiger partial charge is 0.158 e. The van der Waals surface area contributed by atoms with Crippen molar-refractivity contribution in [2.45, 2.75) is 13.8 Å². The van der Waals surface area contributed by atoms with Crippen LogP contribution in [0.1, 0.15) is 11.3 Å². The van der Waals surface area contributed by atoms with Crippen LogP contribution >= 0.6 is 0 Å². The standard InChI is InChI=1S/C8H9N3/c1-6-3-4-7(2)11-8(6)9-5-10-11/h3-5H,1-2H3. The predicted molar refractivity (Wildman–Crippen MR) is 42.5 cm³/mol. The van der Waals surface area contributed by atoms with E-state index in [2.05, 4.69) is 16.1 Å². The molecular formula is C8H9N3. The van der Waals surface area contributed by atoms with E-state index in [-0.39, 0.29) is 0 Å². The van der Waals surface area contributed by atoms with E-state index < -0.39 is 0 Å². The van der Waals surface area contributed by atoms with Gasteiger partial charge in [-0.1, -0.05) is 6.07 Å². The van der Waals surface area contributed by atoms with E-state index in [1.54, 1.807) is 6.33 Å². The molecule has 0 fully saturated rings. The third kappa shape index (κ3) is 0.808. The molecule has 0 spiro atoms. The summed E-state index contributed by atoms with van der Waals surface area (Å²) < 4.78 is 1.84. The lowest BCUT2D eigenvalue weighted by Crippen LogP contribution is -1.94. The maximum Gasteiger partial charge on any atom is 0.158 e. The van der Waals surface area contributed by atoms with Crippen LogP contribution < -0.4 is 0 Å². The van der Waals surface area contributed by atoms with Crippen molar-refractivity contribution in [3.05, 3.63) is 29.7 Å². The topological polar surface area (TPSA) is 30.2 Å². The maximum atomic E-state index is 4.13. The normalized spacial score (nSPS) is 10.7. The highest BCUT2D eigenvalue weighted by atomic mass is 15.3. The van der Waals surface area contributed by atoms with E-state index in [1.807, 2.05) is 24.4 Å². The largest absolute Gasteiger partial charge is 0.218 e. The number of pyridine rings is 1. The number of rotatable bonds is 0. The Balaban J connectivity index is 2.96. The molecule has 0 aliphatic carbocycles. The second-order valence-corrected chi connectivity index (χ2v) is 2.65. The molecule has 0 aliphatic rings. The van der Waals surface area contributed by atoms with Crippen LogP contribution in [0.4, 0.5) is 0 Å². The van der Waals surface area contributed by atoms with Gasteiger partial charge in [0.2, 0.25) is 0 Å². The lowest BCUT2D eigenvalue weighted by molar-refractivity contribution is 0.910. The molecule has 56 valence electrons. The van der Waals surface area contributed by atoms with Crippen molar-refractivity contribution in [1.82, 2.24) is 14.6 Å². The molecule has 2 rings (SSSR count). The molecule has 2 aromatic heterocycles. The van der Waals surface area contributed by atoms with Crippen LogP contribution in [0.3, 0.4) is 0 Å². The van der Waals surface area contributed by atoms with Gasteiger partial charge in [-0.15, -0.1) is 0 Å². The summed E-state index contributed by atoms with van der Waals surface area (Å²) in [5.74, 6) is 0. The first-order valence-electron chi connectivity index (χ1n) is 3.55. The number of fused-ring (bicyclic) bond motifs is 1. The Bertz CT molecular complexity index is 353. The first-order valence-corrected chi connectivity index (χ1v) is 3.55. The summed E-state index contributed by atoms with van der Waals surface area (Å²) in [7, 11) is 0. The molecule has 0 amide bonds. The Morgan fingerprint density at radius 1 is 1.27 bits per heavy atom. The Labute approximate surface area is 64.7 Å². The average molecular weight is 147 g/mol. The number of aryl methyl sites for hydroxylation is 2. The SMILES string of the molecule is Cc1ccc(C)n2ncnc12. The van der Waals surface area contributed by atoms with Crippen LogP contribution in [0, 0.1) is 13.8 Å². The van der Waals surface area contributed by atoms with Gasteiger partial charge in [-0.05, 0) is 25.5 Å². The Morgan fingerprint density at radius 2 is 2.09 bits per heavy atom. The van der Waals surface area contributed by atoms with Crippen molar-refractivity contribution in [2.75, 3.05) is 0 Å². The third-order valence-corrected chi connectivity index (χ3v) is 1.81. The predicted octanol–water partition coefficient (Wildman–Crippen LogP) is 1.35. The van der Waals surface area contributed by atoms with E-state index in [4.69, 9.17) is 0 Å². The van der Waals surface area contributed by atoms with Gasteiger partial charge in [-0.25, -0.2) is 9.50 Å². The van der Waals surface area contributed by atoms with Gasteiger partial charge < -0.3 is 0 Å². The molecule has 0 radical (unpaired) electrons. The molecule has 0 aliphatic heterocycles. The Morgan fingerprint density at radius 3 is 2.82 bits per heavy atom. The summed E-state index contributed by atoms with van der Waals surface area (Å²) in [6.07, 6.45) is 1.58. The molecule has 0 aromatic carbocycles. The summed E-state index contributed by atoms with van der Waals surface area (Å²) in [5.41, 5.74) is 3.22. The highest BCUT2D eigenvalue weighted by Gasteiger charge is 1.99. The fourth-order valence-corrected chi connectivity index (χ4v) is 1.16. The van der Waals surface area contributed by atoms with Crippen molar-refractivity contribution in [3.63, 3.8) is 0 Å². The molecule has 2 aromatic rings. The van der Waals surface area contributed by atoms with Gasteiger partial charge in [0, 0.05) is 5.69 Å². The monoisotopic (exact) mass is 147 g/mol. The van der Waals surface area contributed by atoms with Gasteiger partial charge in [0.25, 0.3) is 0 Å². The van der Waals surface area contributed by atoms with Crippen molar-refractivity contribution in [2.24, 2.45) is 0 Å². The van der Waals surface area contributed by atoms with Crippen LogP contribution in [0.5, 0.6) is 0 Å². The van der Waals surface area contributed by atoms with E-state index in [0.717, 1.165) is 16.9 Å². The summed E-state index contributed by atoms with van der Waals surface area (Å²) >= 11 is 0.